The topological polar surface area (TPSA) is 117 Å². The summed E-state index contributed by atoms with van der Waals surface area (Å²) < 4.78 is 0. The maximum atomic E-state index is 12.8. The number of carbonyl (C=O) groups is 1. The van der Waals surface area contributed by atoms with Crippen molar-refractivity contribution in [3.63, 3.8) is 0 Å². The van der Waals surface area contributed by atoms with Crippen molar-refractivity contribution in [3.05, 3.63) is 60.3 Å². The molecule has 0 aliphatic rings. The van der Waals surface area contributed by atoms with Crippen molar-refractivity contribution in [2.45, 2.75) is 18.6 Å². The second-order valence-corrected chi connectivity index (χ2v) is 6.31. The Bertz CT molecular complexity index is 876. The van der Waals surface area contributed by atoms with Crippen molar-refractivity contribution in [3.8, 4) is 11.1 Å². The van der Waals surface area contributed by atoms with Crippen LogP contribution in [0, 0.1) is 0 Å². The fourth-order valence-corrected chi connectivity index (χ4v) is 3.04. The van der Waals surface area contributed by atoms with Crippen LogP contribution < -0.4 is 16.8 Å². The summed E-state index contributed by atoms with van der Waals surface area (Å²) in [5, 5.41) is 13.7. The molecule has 0 spiro atoms. The number of benzene rings is 2. The Hall–Kier alpha value is -2.67. The normalized spacial score (nSPS) is 13.5. The largest absolute Gasteiger partial charge is 0.391 e. The first-order valence-electron chi connectivity index (χ1n) is 8.70. The van der Waals surface area contributed by atoms with Gasteiger partial charge in [0.15, 0.2) is 0 Å². The van der Waals surface area contributed by atoms with Gasteiger partial charge in [-0.1, -0.05) is 48.5 Å². The van der Waals surface area contributed by atoms with Crippen LogP contribution in [0.4, 0.5) is 0 Å². The molecule has 0 saturated heterocycles. The Morgan fingerprint density at radius 2 is 1.81 bits per heavy atom. The maximum absolute atomic E-state index is 12.8. The fraction of sp³-hybridized carbons (Fsp3) is 0.250. The summed E-state index contributed by atoms with van der Waals surface area (Å²) in [7, 11) is 0. The number of hydrogen-bond acceptors (Lipinski definition) is 4. The number of aromatic nitrogens is 1. The molecule has 1 aromatic heterocycles. The highest BCUT2D eigenvalue weighted by Gasteiger charge is 2.20. The summed E-state index contributed by atoms with van der Waals surface area (Å²) in [6, 6.07) is 17.0. The molecule has 0 bridgehead atoms. The molecule has 0 radical (unpaired) electrons. The van der Waals surface area contributed by atoms with Gasteiger partial charge in [-0.2, -0.15) is 0 Å². The lowest BCUT2D eigenvalue weighted by atomic mass is 10.0. The number of aromatic amines is 1. The molecular weight excluding hydrogens is 328 g/mol. The molecule has 3 aromatic rings. The number of rotatable bonds is 7. The van der Waals surface area contributed by atoms with Gasteiger partial charge in [-0.3, -0.25) is 4.79 Å². The summed E-state index contributed by atoms with van der Waals surface area (Å²) in [4.78, 5) is 16.0. The highest BCUT2D eigenvalue weighted by atomic mass is 16.3. The van der Waals surface area contributed by atoms with Crippen LogP contribution in [0.25, 0.3) is 22.0 Å². The van der Waals surface area contributed by atoms with Crippen LogP contribution in [-0.4, -0.2) is 41.2 Å². The van der Waals surface area contributed by atoms with E-state index in [9.17, 15) is 9.90 Å². The maximum Gasteiger partial charge on any atom is 0.268 e. The molecule has 2 atom stereocenters. The van der Waals surface area contributed by atoms with Crippen molar-refractivity contribution < 1.29 is 9.90 Å². The van der Waals surface area contributed by atoms with Crippen LogP contribution in [0.3, 0.4) is 0 Å². The van der Waals surface area contributed by atoms with E-state index in [1.807, 2.05) is 54.6 Å². The third-order valence-corrected chi connectivity index (χ3v) is 4.45. The minimum absolute atomic E-state index is 0.170. The predicted octanol–water partition coefficient (Wildman–Crippen LogP) is 1.60. The molecule has 6 nitrogen and oxygen atoms in total. The number of amides is 1. The highest BCUT2D eigenvalue weighted by Crippen LogP contribution is 2.32. The second-order valence-electron chi connectivity index (χ2n) is 6.31. The van der Waals surface area contributed by atoms with Crippen molar-refractivity contribution >= 4 is 16.8 Å². The van der Waals surface area contributed by atoms with Crippen LogP contribution in [0.1, 0.15) is 16.9 Å². The van der Waals surface area contributed by atoms with Crippen molar-refractivity contribution in [1.29, 1.82) is 0 Å². The number of nitrogens with two attached hydrogens (primary N) is 2. The van der Waals surface area contributed by atoms with E-state index in [1.54, 1.807) is 0 Å². The smallest absolute Gasteiger partial charge is 0.268 e. The lowest BCUT2D eigenvalue weighted by molar-refractivity contribution is 0.0925. The Morgan fingerprint density at radius 1 is 1.12 bits per heavy atom. The summed E-state index contributed by atoms with van der Waals surface area (Å²) in [5.74, 6) is -0.254. The predicted molar refractivity (Wildman–Crippen MR) is 104 cm³/mol. The molecule has 0 saturated carbocycles. The Balaban J connectivity index is 1.89. The van der Waals surface area contributed by atoms with E-state index in [2.05, 4.69) is 10.3 Å². The third kappa shape index (κ3) is 3.77. The molecule has 136 valence electrons. The SMILES string of the molecule is NCCC(O)[C@@H](N)CNC(=O)c1[nH]c2ccccc2c1-c1ccccc1. The minimum atomic E-state index is -0.739. The molecule has 26 heavy (non-hydrogen) atoms. The van der Waals surface area contributed by atoms with E-state index in [0.29, 0.717) is 18.7 Å². The molecule has 0 aliphatic carbocycles. The number of para-hydroxylation sites is 1. The Kier molecular flexibility index (Phi) is 5.68. The van der Waals surface area contributed by atoms with Gasteiger partial charge in [0.05, 0.1) is 6.10 Å². The Morgan fingerprint density at radius 3 is 2.54 bits per heavy atom. The van der Waals surface area contributed by atoms with Gasteiger partial charge in [-0.15, -0.1) is 0 Å². The number of carbonyl (C=O) groups excluding carboxylic acids is 1. The second kappa shape index (κ2) is 8.14. The third-order valence-electron chi connectivity index (χ3n) is 4.45. The molecule has 1 unspecified atom stereocenters. The van der Waals surface area contributed by atoms with Crippen molar-refractivity contribution in [2.75, 3.05) is 13.1 Å². The van der Waals surface area contributed by atoms with Crippen LogP contribution in [-0.2, 0) is 0 Å². The monoisotopic (exact) mass is 352 g/mol. The summed E-state index contributed by atoms with van der Waals surface area (Å²) in [5.41, 5.74) is 14.6. The standard InChI is InChI=1S/C20H24N4O2/c21-11-10-17(25)15(22)12-23-20(26)19-18(13-6-2-1-3-7-13)14-8-4-5-9-16(14)24-19/h1-9,15,17,24-25H,10-12,21-22H2,(H,23,26)/t15-,17?/m0/s1. The minimum Gasteiger partial charge on any atom is -0.391 e. The van der Waals surface area contributed by atoms with Crippen molar-refractivity contribution in [1.82, 2.24) is 10.3 Å². The van der Waals surface area contributed by atoms with Crippen LogP contribution in [0.15, 0.2) is 54.6 Å². The van der Waals surface area contributed by atoms with Gasteiger partial charge in [-0.05, 0) is 24.6 Å². The van der Waals surface area contributed by atoms with E-state index in [1.165, 1.54) is 0 Å². The molecule has 2 aromatic carbocycles. The lowest BCUT2D eigenvalue weighted by Crippen LogP contribution is -2.45. The van der Waals surface area contributed by atoms with E-state index in [4.69, 9.17) is 11.5 Å². The van der Waals surface area contributed by atoms with Crippen LogP contribution in [0.2, 0.25) is 0 Å². The average Bonchev–Trinajstić information content (AvgIpc) is 3.06. The number of fused-ring (bicyclic) bond motifs is 1. The van der Waals surface area contributed by atoms with Gasteiger partial charge in [0.25, 0.3) is 5.91 Å². The molecule has 7 N–H and O–H groups in total. The van der Waals surface area contributed by atoms with Gasteiger partial charge in [0, 0.05) is 29.1 Å². The molecule has 0 fully saturated rings. The highest BCUT2D eigenvalue weighted by molar-refractivity contribution is 6.09. The molecule has 6 heteroatoms. The van der Waals surface area contributed by atoms with Gasteiger partial charge in [0.1, 0.15) is 5.69 Å². The number of H-pyrrole nitrogens is 1. The van der Waals surface area contributed by atoms with Crippen LogP contribution in [0.5, 0.6) is 0 Å². The molecule has 3 rings (SSSR count). The first kappa shape index (κ1) is 18.1. The van der Waals surface area contributed by atoms with E-state index in [-0.39, 0.29) is 12.5 Å². The van der Waals surface area contributed by atoms with E-state index in [0.717, 1.165) is 22.0 Å². The summed E-state index contributed by atoms with van der Waals surface area (Å²) in [6.07, 6.45) is -0.338. The first-order chi connectivity index (χ1) is 12.6. The zero-order chi connectivity index (χ0) is 18.5. The van der Waals surface area contributed by atoms with Crippen molar-refractivity contribution in [2.24, 2.45) is 11.5 Å². The number of aliphatic hydroxyl groups is 1. The average molecular weight is 352 g/mol. The van der Waals surface area contributed by atoms with Gasteiger partial charge < -0.3 is 26.9 Å². The van der Waals surface area contributed by atoms with E-state index >= 15 is 0 Å². The lowest BCUT2D eigenvalue weighted by Gasteiger charge is -2.18. The molecular formula is C20H24N4O2. The number of hydrogen-bond donors (Lipinski definition) is 5. The van der Waals surface area contributed by atoms with Gasteiger partial charge in [-0.25, -0.2) is 0 Å². The first-order valence-corrected chi connectivity index (χ1v) is 8.70. The molecule has 0 aliphatic heterocycles. The summed E-state index contributed by atoms with van der Waals surface area (Å²) >= 11 is 0. The Labute approximate surface area is 152 Å². The number of nitrogens with one attached hydrogen (secondary N) is 2. The summed E-state index contributed by atoms with van der Waals surface area (Å²) in [6.45, 7) is 0.520. The van der Waals surface area contributed by atoms with Crippen LogP contribution >= 0.6 is 0 Å². The zero-order valence-corrected chi connectivity index (χ0v) is 14.5. The molecule has 1 heterocycles. The quantitative estimate of drug-likeness (QED) is 0.444. The fourth-order valence-electron chi connectivity index (χ4n) is 3.04. The number of aliphatic hydroxyl groups excluding tert-OH is 1. The van der Waals surface area contributed by atoms with Gasteiger partial charge in [0.2, 0.25) is 0 Å². The zero-order valence-electron chi connectivity index (χ0n) is 14.5. The molecule has 1 amide bonds. The van der Waals surface area contributed by atoms with E-state index < -0.39 is 12.1 Å². The van der Waals surface area contributed by atoms with Gasteiger partial charge >= 0.3 is 0 Å².